The maximum absolute atomic E-state index is 5.54. The molecule has 12 rings (SSSR count). The van der Waals surface area contributed by atoms with Crippen LogP contribution in [0.15, 0.2) is 237 Å². The summed E-state index contributed by atoms with van der Waals surface area (Å²) in [4.78, 5) is 11.0. The highest BCUT2D eigenvalue weighted by molar-refractivity contribution is 6.14. The third-order valence-corrected chi connectivity index (χ3v) is 12.3. The van der Waals surface area contributed by atoms with E-state index < -0.39 is 0 Å². The van der Waals surface area contributed by atoms with E-state index in [-0.39, 0.29) is 0 Å². The van der Waals surface area contributed by atoms with Crippen molar-refractivity contribution >= 4 is 43.4 Å². The van der Waals surface area contributed by atoms with Gasteiger partial charge < -0.3 is 4.57 Å². The van der Waals surface area contributed by atoms with Crippen LogP contribution in [0.25, 0.3) is 116 Å². The van der Waals surface area contributed by atoms with Crippen LogP contribution in [0.5, 0.6) is 0 Å². The minimum atomic E-state index is 0.659. The lowest BCUT2D eigenvalue weighted by Gasteiger charge is -2.17. The molecule has 0 aliphatic heterocycles. The van der Waals surface area contributed by atoms with E-state index in [9.17, 15) is 0 Å². The number of fused-ring (bicyclic) bond motifs is 6. The molecule has 0 bridgehead atoms. The molecule has 0 N–H and O–H groups in total. The third kappa shape index (κ3) is 6.55. The molecule has 63 heavy (non-hydrogen) atoms. The fraction of sp³-hybridized carbons (Fsp3) is 0. The summed E-state index contributed by atoms with van der Waals surface area (Å²) in [7, 11) is 0. The van der Waals surface area contributed by atoms with Gasteiger partial charge in [0.2, 0.25) is 0 Å². The van der Waals surface area contributed by atoms with Crippen molar-refractivity contribution in [3.05, 3.63) is 237 Å². The minimum absolute atomic E-state index is 0.659. The van der Waals surface area contributed by atoms with Crippen molar-refractivity contribution in [1.82, 2.24) is 14.5 Å². The van der Waals surface area contributed by atoms with Gasteiger partial charge in [0, 0.05) is 33.2 Å². The molecule has 0 saturated heterocycles. The number of aromatic nitrogens is 3. The Morgan fingerprint density at radius 2 is 0.714 bits per heavy atom. The van der Waals surface area contributed by atoms with Crippen molar-refractivity contribution < 1.29 is 0 Å². The normalized spacial score (nSPS) is 11.5. The largest absolute Gasteiger partial charge is 0.309 e. The van der Waals surface area contributed by atoms with E-state index in [0.717, 1.165) is 78.2 Å². The van der Waals surface area contributed by atoms with E-state index in [1.165, 1.54) is 32.3 Å². The number of hydrogen-bond acceptors (Lipinski definition) is 2. The zero-order valence-electron chi connectivity index (χ0n) is 34.4. The van der Waals surface area contributed by atoms with Crippen LogP contribution in [0, 0.1) is 0 Å². The average Bonchev–Trinajstić information content (AvgIpc) is 3.71. The van der Waals surface area contributed by atoms with Crippen molar-refractivity contribution in [3.8, 4) is 73.0 Å². The van der Waals surface area contributed by atoms with E-state index in [4.69, 9.17) is 9.97 Å². The van der Waals surface area contributed by atoms with Crippen LogP contribution in [0.1, 0.15) is 0 Å². The SMILES string of the molecule is c1ccc(-c2cc(-c3ccccc3)cc(-c3cc(-c4ccccc4)nc(-c4cc(-c5cc6ccccc6c6ccccc56)cc(-n5c6ccccc6c6ccccc65)c4)n3)c2)cc1. The van der Waals surface area contributed by atoms with Crippen LogP contribution >= 0.6 is 0 Å². The Kier molecular flexibility index (Phi) is 8.83. The van der Waals surface area contributed by atoms with E-state index in [1.807, 2.05) is 0 Å². The zero-order valence-corrected chi connectivity index (χ0v) is 34.4. The Morgan fingerprint density at radius 3 is 1.33 bits per heavy atom. The van der Waals surface area contributed by atoms with Crippen LogP contribution in [-0.4, -0.2) is 14.5 Å². The number of para-hydroxylation sites is 2. The highest BCUT2D eigenvalue weighted by Gasteiger charge is 2.19. The van der Waals surface area contributed by atoms with Crippen molar-refractivity contribution in [1.29, 1.82) is 0 Å². The Balaban J connectivity index is 1.15. The number of rotatable bonds is 7. The fourth-order valence-corrected chi connectivity index (χ4v) is 9.37. The quantitative estimate of drug-likeness (QED) is 0.150. The standard InChI is InChI=1S/C60H39N3/c1-4-18-40(19-5-1)44-32-45(41-20-6-2-7-21-41)34-47(33-44)57-39-56(42-22-8-3-9-23-42)61-60(62-57)48-35-46(55-38-43-24-10-11-25-50(43)51-26-12-13-27-52(51)55)36-49(37-48)63-58-30-16-14-28-53(58)54-29-15-17-31-59(54)63/h1-39H. The van der Waals surface area contributed by atoms with Crippen LogP contribution in [-0.2, 0) is 0 Å². The maximum Gasteiger partial charge on any atom is 0.160 e. The lowest BCUT2D eigenvalue weighted by atomic mass is 9.92. The Labute approximate surface area is 365 Å². The Hall–Kier alpha value is -8.40. The first-order valence-electron chi connectivity index (χ1n) is 21.5. The van der Waals surface area contributed by atoms with E-state index in [0.29, 0.717) is 5.82 Å². The number of benzene rings is 10. The molecule has 0 aliphatic rings. The summed E-state index contributed by atoms with van der Waals surface area (Å²) in [5, 5.41) is 7.31. The Bertz CT molecular complexity index is 3550. The molecule has 3 heteroatoms. The van der Waals surface area contributed by atoms with Gasteiger partial charge in [-0.2, -0.15) is 0 Å². The zero-order chi connectivity index (χ0) is 41.7. The van der Waals surface area contributed by atoms with Gasteiger partial charge in [-0.15, -0.1) is 0 Å². The van der Waals surface area contributed by atoms with Gasteiger partial charge >= 0.3 is 0 Å². The van der Waals surface area contributed by atoms with Crippen LogP contribution < -0.4 is 0 Å². The number of hydrogen-bond donors (Lipinski definition) is 0. The third-order valence-electron chi connectivity index (χ3n) is 12.3. The predicted molar refractivity (Wildman–Crippen MR) is 264 cm³/mol. The van der Waals surface area contributed by atoms with Crippen molar-refractivity contribution in [2.75, 3.05) is 0 Å². The first kappa shape index (κ1) is 36.5. The van der Waals surface area contributed by atoms with Gasteiger partial charge in [0.05, 0.1) is 22.4 Å². The topological polar surface area (TPSA) is 30.7 Å². The smallest absolute Gasteiger partial charge is 0.160 e. The van der Waals surface area contributed by atoms with Crippen LogP contribution in [0.2, 0.25) is 0 Å². The molecule has 0 amide bonds. The molecular formula is C60H39N3. The lowest BCUT2D eigenvalue weighted by molar-refractivity contribution is 1.16. The molecule has 2 aromatic heterocycles. The summed E-state index contributed by atoms with van der Waals surface area (Å²) in [6.45, 7) is 0. The second-order valence-electron chi connectivity index (χ2n) is 16.2. The van der Waals surface area contributed by atoms with Crippen LogP contribution in [0.4, 0.5) is 0 Å². The molecule has 0 fully saturated rings. The summed E-state index contributed by atoms with van der Waals surface area (Å²) in [6.07, 6.45) is 0. The second kappa shape index (κ2) is 15.3. The van der Waals surface area contributed by atoms with Crippen molar-refractivity contribution in [2.45, 2.75) is 0 Å². The monoisotopic (exact) mass is 801 g/mol. The lowest BCUT2D eigenvalue weighted by Crippen LogP contribution is -2.00. The summed E-state index contributed by atoms with van der Waals surface area (Å²) in [6, 6.07) is 84.8. The van der Waals surface area contributed by atoms with Gasteiger partial charge in [-0.25, -0.2) is 9.97 Å². The van der Waals surface area contributed by atoms with Gasteiger partial charge in [-0.1, -0.05) is 176 Å². The molecule has 294 valence electrons. The van der Waals surface area contributed by atoms with Gasteiger partial charge in [0.1, 0.15) is 0 Å². The summed E-state index contributed by atoms with van der Waals surface area (Å²) >= 11 is 0. The first-order chi connectivity index (χ1) is 31.2. The molecule has 3 nitrogen and oxygen atoms in total. The van der Waals surface area contributed by atoms with Crippen molar-refractivity contribution in [2.24, 2.45) is 0 Å². The second-order valence-corrected chi connectivity index (χ2v) is 16.2. The molecule has 0 unspecified atom stereocenters. The molecule has 12 aromatic rings. The molecule has 0 radical (unpaired) electrons. The molecular weight excluding hydrogens is 763 g/mol. The number of nitrogens with zero attached hydrogens (tertiary/aromatic N) is 3. The van der Waals surface area contributed by atoms with Gasteiger partial charge in [0.15, 0.2) is 5.82 Å². The van der Waals surface area contributed by atoms with Crippen molar-refractivity contribution in [3.63, 3.8) is 0 Å². The van der Waals surface area contributed by atoms with E-state index >= 15 is 0 Å². The van der Waals surface area contributed by atoms with E-state index in [1.54, 1.807) is 0 Å². The summed E-state index contributed by atoms with van der Waals surface area (Å²) < 4.78 is 2.40. The van der Waals surface area contributed by atoms with Gasteiger partial charge in [0.25, 0.3) is 0 Å². The average molecular weight is 802 g/mol. The maximum atomic E-state index is 5.54. The molecule has 0 aliphatic carbocycles. The Morgan fingerprint density at radius 1 is 0.270 bits per heavy atom. The van der Waals surface area contributed by atoms with Crippen LogP contribution in [0.3, 0.4) is 0 Å². The predicted octanol–water partition coefficient (Wildman–Crippen LogP) is 15.9. The molecule has 0 saturated carbocycles. The highest BCUT2D eigenvalue weighted by atomic mass is 15.0. The fourth-order valence-electron chi connectivity index (χ4n) is 9.37. The van der Waals surface area contributed by atoms with E-state index in [2.05, 4.69) is 241 Å². The summed E-state index contributed by atoms with van der Waals surface area (Å²) in [5.74, 6) is 0.659. The molecule has 0 spiro atoms. The first-order valence-corrected chi connectivity index (χ1v) is 21.5. The molecule has 0 atom stereocenters. The minimum Gasteiger partial charge on any atom is -0.309 e. The summed E-state index contributed by atoms with van der Waals surface area (Å²) in [5.41, 5.74) is 14.9. The van der Waals surface area contributed by atoms with Gasteiger partial charge in [-0.05, 0) is 116 Å². The molecule has 10 aromatic carbocycles. The highest BCUT2D eigenvalue weighted by Crippen LogP contribution is 2.41. The van der Waals surface area contributed by atoms with Gasteiger partial charge in [-0.3, -0.25) is 0 Å². The molecule has 2 heterocycles.